The molecule has 0 unspecified atom stereocenters. The Hall–Kier alpha value is -3.02. The number of rotatable bonds is 9. The van der Waals surface area contributed by atoms with Gasteiger partial charge >= 0.3 is 0 Å². The van der Waals surface area contributed by atoms with Gasteiger partial charge in [0.25, 0.3) is 5.91 Å². The maximum atomic E-state index is 12.5. The maximum Gasteiger partial charge on any atom is 0.253 e. The monoisotopic (exact) mass is 395 g/mol. The van der Waals surface area contributed by atoms with E-state index in [1.54, 1.807) is 24.3 Å². The number of carbonyl (C=O) groups excluding carboxylic acids is 2. The second-order valence-electron chi connectivity index (χ2n) is 7.18. The summed E-state index contributed by atoms with van der Waals surface area (Å²) in [5.41, 5.74) is 2.01. The maximum absolute atomic E-state index is 12.5. The fourth-order valence-corrected chi connectivity index (χ4v) is 3.28. The molecule has 6 heteroatoms. The van der Waals surface area contributed by atoms with Crippen molar-refractivity contribution in [1.29, 1.82) is 0 Å². The van der Waals surface area contributed by atoms with Crippen molar-refractivity contribution in [1.82, 2.24) is 4.90 Å². The number of ether oxygens (including phenoxy) is 1. The number of hydrogen-bond acceptors (Lipinski definition) is 4. The lowest BCUT2D eigenvalue weighted by molar-refractivity contribution is -0.114. The zero-order valence-corrected chi connectivity index (χ0v) is 16.9. The number of anilines is 2. The third-order valence-electron chi connectivity index (χ3n) is 4.87. The second-order valence-corrected chi connectivity index (χ2v) is 7.18. The molecule has 0 atom stereocenters. The number of unbranched alkanes of at least 4 members (excludes halogenated alkanes) is 1. The Balaban J connectivity index is 1.55. The minimum atomic E-state index is -0.181. The Kier molecular flexibility index (Phi) is 7.50. The first kappa shape index (κ1) is 20.7. The van der Waals surface area contributed by atoms with E-state index in [-0.39, 0.29) is 18.4 Å². The van der Waals surface area contributed by atoms with Gasteiger partial charge in [0.05, 0.1) is 18.8 Å². The van der Waals surface area contributed by atoms with Gasteiger partial charge in [0.15, 0.2) is 0 Å². The Morgan fingerprint density at radius 2 is 1.86 bits per heavy atom. The summed E-state index contributed by atoms with van der Waals surface area (Å²) >= 11 is 0. The lowest BCUT2D eigenvalue weighted by Gasteiger charge is -2.16. The lowest BCUT2D eigenvalue weighted by atomic mass is 10.1. The highest BCUT2D eigenvalue weighted by Gasteiger charge is 2.19. The molecule has 0 saturated carbocycles. The summed E-state index contributed by atoms with van der Waals surface area (Å²) in [5, 5.41) is 5.99. The van der Waals surface area contributed by atoms with Gasteiger partial charge in [-0.05, 0) is 49.6 Å². The van der Waals surface area contributed by atoms with Crippen molar-refractivity contribution in [2.24, 2.45) is 0 Å². The fourth-order valence-electron chi connectivity index (χ4n) is 3.28. The number of amides is 2. The quantitative estimate of drug-likeness (QED) is 0.626. The largest absolute Gasteiger partial charge is 0.491 e. The SMILES string of the molecule is CCCCOc1ccccc1NCC(=O)Nc1cccc(C(=O)N2CCCC2)c1. The van der Waals surface area contributed by atoms with E-state index in [1.165, 1.54) is 0 Å². The molecule has 1 saturated heterocycles. The molecule has 29 heavy (non-hydrogen) atoms. The third-order valence-corrected chi connectivity index (χ3v) is 4.87. The third kappa shape index (κ3) is 5.98. The van der Waals surface area contributed by atoms with Crippen LogP contribution in [0.5, 0.6) is 5.75 Å². The van der Waals surface area contributed by atoms with E-state index in [1.807, 2.05) is 29.2 Å². The molecule has 1 aliphatic heterocycles. The van der Waals surface area contributed by atoms with E-state index < -0.39 is 0 Å². The number of hydrogen-bond donors (Lipinski definition) is 2. The van der Waals surface area contributed by atoms with Crippen LogP contribution in [0.3, 0.4) is 0 Å². The van der Waals surface area contributed by atoms with Gasteiger partial charge in [-0.1, -0.05) is 31.5 Å². The van der Waals surface area contributed by atoms with Gasteiger partial charge in [-0.3, -0.25) is 9.59 Å². The Morgan fingerprint density at radius 1 is 1.07 bits per heavy atom. The van der Waals surface area contributed by atoms with Crippen LogP contribution in [0.4, 0.5) is 11.4 Å². The topological polar surface area (TPSA) is 70.7 Å². The van der Waals surface area contributed by atoms with Crippen molar-refractivity contribution >= 4 is 23.2 Å². The van der Waals surface area contributed by atoms with E-state index in [2.05, 4.69) is 17.6 Å². The first-order valence-electron chi connectivity index (χ1n) is 10.3. The number of nitrogens with zero attached hydrogens (tertiary/aromatic N) is 1. The zero-order chi connectivity index (χ0) is 20.5. The molecule has 0 aromatic heterocycles. The van der Waals surface area contributed by atoms with Gasteiger partial charge in [-0.25, -0.2) is 0 Å². The van der Waals surface area contributed by atoms with Crippen LogP contribution in [0.1, 0.15) is 43.0 Å². The fraction of sp³-hybridized carbons (Fsp3) is 0.391. The highest BCUT2D eigenvalue weighted by atomic mass is 16.5. The molecule has 1 fully saturated rings. The number of carbonyl (C=O) groups is 2. The molecule has 3 rings (SSSR count). The minimum Gasteiger partial charge on any atom is -0.491 e. The molecular weight excluding hydrogens is 366 g/mol. The second kappa shape index (κ2) is 10.5. The van der Waals surface area contributed by atoms with Crippen LogP contribution in [0.2, 0.25) is 0 Å². The number of para-hydroxylation sites is 2. The average molecular weight is 396 g/mol. The molecule has 1 aliphatic rings. The molecule has 6 nitrogen and oxygen atoms in total. The van der Waals surface area contributed by atoms with Crippen molar-refractivity contribution in [3.63, 3.8) is 0 Å². The number of nitrogens with one attached hydrogen (secondary N) is 2. The van der Waals surface area contributed by atoms with Crippen LogP contribution < -0.4 is 15.4 Å². The predicted octanol–water partition coefficient (Wildman–Crippen LogP) is 4.15. The van der Waals surface area contributed by atoms with Gasteiger partial charge in [0.1, 0.15) is 5.75 Å². The summed E-state index contributed by atoms with van der Waals surface area (Å²) in [6.45, 7) is 4.49. The number of benzene rings is 2. The first-order valence-corrected chi connectivity index (χ1v) is 10.3. The van der Waals surface area contributed by atoms with Gasteiger partial charge in [0.2, 0.25) is 5.91 Å². The smallest absolute Gasteiger partial charge is 0.253 e. The molecule has 2 aromatic carbocycles. The van der Waals surface area contributed by atoms with Crippen LogP contribution in [0, 0.1) is 0 Å². The molecule has 1 heterocycles. The Labute approximate surface area is 172 Å². The molecule has 2 aromatic rings. The van der Waals surface area contributed by atoms with Crippen LogP contribution in [-0.2, 0) is 4.79 Å². The van der Waals surface area contributed by atoms with Gasteiger partial charge in [-0.15, -0.1) is 0 Å². The Morgan fingerprint density at radius 3 is 2.66 bits per heavy atom. The van der Waals surface area contributed by atoms with E-state index in [0.717, 1.165) is 50.2 Å². The molecule has 0 spiro atoms. The van der Waals surface area contributed by atoms with Crippen molar-refractivity contribution in [2.45, 2.75) is 32.6 Å². The van der Waals surface area contributed by atoms with E-state index in [0.29, 0.717) is 17.9 Å². The lowest BCUT2D eigenvalue weighted by Crippen LogP contribution is -2.27. The summed E-state index contributed by atoms with van der Waals surface area (Å²) in [7, 11) is 0. The first-order chi connectivity index (χ1) is 14.2. The van der Waals surface area contributed by atoms with Gasteiger partial charge in [-0.2, -0.15) is 0 Å². The zero-order valence-electron chi connectivity index (χ0n) is 16.9. The average Bonchev–Trinajstić information content (AvgIpc) is 3.28. The summed E-state index contributed by atoms with van der Waals surface area (Å²) in [6.07, 6.45) is 4.16. The summed E-state index contributed by atoms with van der Waals surface area (Å²) in [6, 6.07) is 14.7. The summed E-state index contributed by atoms with van der Waals surface area (Å²) in [5.74, 6) is 0.584. The van der Waals surface area contributed by atoms with Crippen LogP contribution >= 0.6 is 0 Å². The molecule has 154 valence electrons. The van der Waals surface area contributed by atoms with Gasteiger partial charge in [0, 0.05) is 24.3 Å². The molecule has 0 radical (unpaired) electrons. The molecule has 0 bridgehead atoms. The summed E-state index contributed by atoms with van der Waals surface area (Å²) < 4.78 is 5.78. The normalized spacial score (nSPS) is 13.2. The number of likely N-dealkylation sites (tertiary alicyclic amines) is 1. The van der Waals surface area contributed by atoms with Crippen molar-refractivity contribution < 1.29 is 14.3 Å². The highest BCUT2D eigenvalue weighted by Crippen LogP contribution is 2.24. The van der Waals surface area contributed by atoms with Gasteiger partial charge < -0.3 is 20.3 Å². The molecule has 2 N–H and O–H groups in total. The molecular formula is C23H29N3O3. The Bertz CT molecular complexity index is 832. The van der Waals surface area contributed by atoms with Crippen molar-refractivity contribution in [3.05, 3.63) is 54.1 Å². The van der Waals surface area contributed by atoms with Crippen LogP contribution in [-0.4, -0.2) is 43.0 Å². The van der Waals surface area contributed by atoms with E-state index >= 15 is 0 Å². The minimum absolute atomic E-state index is 0.0230. The van der Waals surface area contributed by atoms with Crippen molar-refractivity contribution in [2.75, 3.05) is 36.9 Å². The standard InChI is InChI=1S/C23H29N3O3/c1-2-3-15-29-21-12-5-4-11-20(21)24-17-22(27)25-19-10-8-9-18(16-19)23(28)26-13-6-7-14-26/h4-5,8-12,16,24H,2-3,6-7,13-15,17H2,1H3,(H,25,27). The highest BCUT2D eigenvalue weighted by molar-refractivity contribution is 5.98. The predicted molar refractivity (Wildman–Crippen MR) is 116 cm³/mol. The van der Waals surface area contributed by atoms with E-state index in [4.69, 9.17) is 4.74 Å². The van der Waals surface area contributed by atoms with Crippen LogP contribution in [0.15, 0.2) is 48.5 Å². The molecule has 0 aliphatic carbocycles. The van der Waals surface area contributed by atoms with E-state index in [9.17, 15) is 9.59 Å². The van der Waals surface area contributed by atoms with Crippen molar-refractivity contribution in [3.8, 4) is 5.75 Å². The molecule has 2 amide bonds. The van der Waals surface area contributed by atoms with Crippen LogP contribution in [0.25, 0.3) is 0 Å². The summed E-state index contributed by atoms with van der Waals surface area (Å²) in [4.78, 5) is 26.8.